The highest BCUT2D eigenvalue weighted by Gasteiger charge is 2.26. The van der Waals surface area contributed by atoms with Gasteiger partial charge in [0.1, 0.15) is 0 Å². The fourth-order valence-corrected chi connectivity index (χ4v) is 3.37. The van der Waals surface area contributed by atoms with E-state index in [0.717, 1.165) is 12.8 Å². The molecule has 0 radical (unpaired) electrons. The fourth-order valence-electron chi connectivity index (χ4n) is 3.14. The minimum atomic E-state index is -0.835. The van der Waals surface area contributed by atoms with Gasteiger partial charge in [0.25, 0.3) is 0 Å². The molecule has 1 heterocycles. The van der Waals surface area contributed by atoms with Crippen LogP contribution < -0.4 is 15.5 Å². The van der Waals surface area contributed by atoms with Crippen LogP contribution in [0.2, 0.25) is 5.02 Å². The Morgan fingerprint density at radius 1 is 1.34 bits per heavy atom. The number of anilines is 1. The number of carboxylic acid groups (broad SMARTS) is 1. The van der Waals surface area contributed by atoms with Crippen LogP contribution in [-0.2, 0) is 9.59 Å². The third-order valence-electron chi connectivity index (χ3n) is 4.80. The monoisotopic (exact) mass is 421 g/mol. The minimum absolute atomic E-state index is 0.0126. The van der Waals surface area contributed by atoms with Crippen LogP contribution in [0.1, 0.15) is 32.2 Å². The number of rotatable bonds is 9. The quantitative estimate of drug-likeness (QED) is 0.600. The number of nitrogens with one attached hydrogen (secondary N) is 1. The second kappa shape index (κ2) is 8.84. The molecule has 1 aliphatic carbocycles. The number of benzene rings is 1. The van der Waals surface area contributed by atoms with Gasteiger partial charge in [-0.2, -0.15) is 0 Å². The van der Waals surface area contributed by atoms with Gasteiger partial charge in [-0.3, -0.25) is 14.4 Å². The number of esters is 1. The molecule has 1 aromatic carbocycles. The number of carbonyl (C=O) groups excluding carboxylic acids is 1. The van der Waals surface area contributed by atoms with Gasteiger partial charge in [-0.25, -0.2) is 0 Å². The van der Waals surface area contributed by atoms with E-state index in [2.05, 4.69) is 5.32 Å². The number of aliphatic carboxylic acids is 1. The summed E-state index contributed by atoms with van der Waals surface area (Å²) in [6.45, 7) is 2.85. The minimum Gasteiger partial charge on any atom is -0.481 e. The van der Waals surface area contributed by atoms with Crippen molar-refractivity contribution in [2.75, 3.05) is 32.0 Å². The Kier molecular flexibility index (Phi) is 6.44. The number of halogens is 1. The first-order chi connectivity index (χ1) is 13.8. The number of carbonyl (C=O) groups is 2. The molecule has 1 saturated carbocycles. The summed E-state index contributed by atoms with van der Waals surface area (Å²) in [7, 11) is 1.84. The number of likely N-dealkylation sites (N-methyl/N-ethyl adjacent to an activating group) is 1. The Morgan fingerprint density at radius 2 is 2.07 bits per heavy atom. The highest BCUT2D eigenvalue weighted by atomic mass is 35.5. The van der Waals surface area contributed by atoms with Gasteiger partial charge in [0.2, 0.25) is 5.43 Å². The van der Waals surface area contributed by atoms with Gasteiger partial charge in [-0.05, 0) is 32.0 Å². The summed E-state index contributed by atoms with van der Waals surface area (Å²) in [5, 5.41) is 12.9. The van der Waals surface area contributed by atoms with Crippen molar-refractivity contribution in [2.45, 2.75) is 32.2 Å². The first-order valence-corrected chi connectivity index (χ1v) is 9.85. The van der Waals surface area contributed by atoms with E-state index < -0.39 is 11.9 Å². The van der Waals surface area contributed by atoms with Crippen LogP contribution in [0.5, 0.6) is 5.75 Å². The zero-order valence-electron chi connectivity index (χ0n) is 16.4. The van der Waals surface area contributed by atoms with Gasteiger partial charge >= 0.3 is 11.9 Å². The topological polar surface area (TPSA) is 101 Å². The van der Waals surface area contributed by atoms with Gasteiger partial charge in [0.15, 0.2) is 5.75 Å². The summed E-state index contributed by atoms with van der Waals surface area (Å²) >= 11 is 6.44. The summed E-state index contributed by atoms with van der Waals surface area (Å²) in [6, 6.07) is 3.71. The average Bonchev–Trinajstić information content (AvgIpc) is 3.48. The van der Waals surface area contributed by atoms with Crippen LogP contribution in [0.4, 0.5) is 5.69 Å². The van der Waals surface area contributed by atoms with Gasteiger partial charge < -0.3 is 24.6 Å². The molecule has 2 aromatic rings. The molecule has 3 rings (SSSR count). The van der Waals surface area contributed by atoms with Gasteiger partial charge in [-0.1, -0.05) is 11.6 Å². The average molecular weight is 422 g/mol. The molecule has 0 bridgehead atoms. The van der Waals surface area contributed by atoms with Gasteiger partial charge in [0.05, 0.1) is 34.2 Å². The SMILES string of the molecule is CC(=O)Oc1cn(C2CC2)c2cc(Cl)c(NCCN(C)CCC(=O)O)cc2c1=O. The van der Waals surface area contributed by atoms with E-state index in [1.54, 1.807) is 18.3 Å². The Hall–Kier alpha value is -2.58. The molecule has 29 heavy (non-hydrogen) atoms. The second-order valence-corrected chi connectivity index (χ2v) is 7.68. The van der Waals surface area contributed by atoms with Crippen molar-refractivity contribution in [3.63, 3.8) is 0 Å². The van der Waals surface area contributed by atoms with Crippen LogP contribution in [0.25, 0.3) is 10.9 Å². The molecule has 1 aromatic heterocycles. The van der Waals surface area contributed by atoms with E-state index in [4.69, 9.17) is 21.4 Å². The van der Waals surface area contributed by atoms with E-state index in [1.165, 1.54) is 6.92 Å². The summed E-state index contributed by atoms with van der Waals surface area (Å²) < 4.78 is 7.07. The van der Waals surface area contributed by atoms with E-state index >= 15 is 0 Å². The van der Waals surface area contributed by atoms with Crippen molar-refractivity contribution >= 4 is 40.1 Å². The van der Waals surface area contributed by atoms with Crippen LogP contribution in [0, 0.1) is 0 Å². The predicted octanol–water partition coefficient (Wildman–Crippen LogP) is 2.73. The second-order valence-electron chi connectivity index (χ2n) is 7.28. The predicted molar refractivity (Wildman–Crippen MR) is 111 cm³/mol. The maximum absolute atomic E-state index is 12.8. The lowest BCUT2D eigenvalue weighted by molar-refractivity contribution is -0.137. The van der Waals surface area contributed by atoms with Crippen molar-refractivity contribution < 1.29 is 19.4 Å². The van der Waals surface area contributed by atoms with E-state index in [-0.39, 0.29) is 23.6 Å². The standard InChI is InChI=1S/C20H24ClN3O5/c1-12(25)29-18-11-24(13-3-4-13)17-10-15(21)16(9-14(17)20(18)28)22-6-8-23(2)7-5-19(26)27/h9-11,13,22H,3-8H2,1-2H3,(H,26,27). The molecular weight excluding hydrogens is 398 g/mol. The highest BCUT2D eigenvalue weighted by molar-refractivity contribution is 6.34. The first kappa shape index (κ1) is 21.1. The number of hydrogen-bond donors (Lipinski definition) is 2. The Bertz CT molecular complexity index is 1000. The van der Waals surface area contributed by atoms with E-state index in [9.17, 15) is 14.4 Å². The molecule has 1 fully saturated rings. The zero-order chi connectivity index (χ0) is 21.1. The summed E-state index contributed by atoms with van der Waals surface area (Å²) in [5.74, 6) is -1.36. The number of hydrogen-bond acceptors (Lipinski definition) is 6. The van der Waals surface area contributed by atoms with Crippen molar-refractivity contribution in [3.05, 3.63) is 33.6 Å². The molecule has 156 valence electrons. The maximum atomic E-state index is 12.8. The van der Waals surface area contributed by atoms with Crippen LogP contribution in [-0.4, -0.2) is 53.2 Å². The van der Waals surface area contributed by atoms with Crippen LogP contribution >= 0.6 is 11.6 Å². The Labute approximate surface area is 173 Å². The largest absolute Gasteiger partial charge is 0.481 e. The number of aromatic nitrogens is 1. The Balaban J connectivity index is 1.85. The number of ether oxygens (including phenoxy) is 1. The van der Waals surface area contributed by atoms with Crippen LogP contribution in [0.3, 0.4) is 0 Å². The van der Waals surface area contributed by atoms with E-state index in [0.29, 0.717) is 41.2 Å². The fraction of sp³-hybridized carbons (Fsp3) is 0.450. The molecule has 0 atom stereocenters. The number of fused-ring (bicyclic) bond motifs is 1. The molecule has 0 saturated heterocycles. The van der Waals surface area contributed by atoms with E-state index in [1.807, 2.05) is 16.5 Å². The number of nitrogens with zero attached hydrogens (tertiary/aromatic N) is 2. The van der Waals surface area contributed by atoms with Crippen molar-refractivity contribution in [1.82, 2.24) is 9.47 Å². The third-order valence-corrected chi connectivity index (χ3v) is 5.11. The molecule has 0 aliphatic heterocycles. The van der Waals surface area contributed by atoms with Crippen molar-refractivity contribution in [1.29, 1.82) is 0 Å². The summed E-state index contributed by atoms with van der Waals surface area (Å²) in [4.78, 5) is 36.8. The number of pyridine rings is 1. The normalized spacial score (nSPS) is 13.7. The molecule has 9 heteroatoms. The molecular formula is C20H24ClN3O5. The zero-order valence-corrected chi connectivity index (χ0v) is 17.2. The smallest absolute Gasteiger partial charge is 0.308 e. The van der Waals surface area contributed by atoms with Crippen molar-refractivity contribution in [3.8, 4) is 5.75 Å². The molecule has 2 N–H and O–H groups in total. The molecule has 1 aliphatic rings. The lowest BCUT2D eigenvalue weighted by atomic mass is 10.1. The molecule has 0 spiro atoms. The maximum Gasteiger partial charge on any atom is 0.308 e. The van der Waals surface area contributed by atoms with Gasteiger partial charge in [-0.15, -0.1) is 0 Å². The highest BCUT2D eigenvalue weighted by Crippen LogP contribution is 2.39. The molecule has 0 amide bonds. The summed E-state index contributed by atoms with van der Waals surface area (Å²) in [5.41, 5.74) is 0.957. The molecule has 0 unspecified atom stereocenters. The van der Waals surface area contributed by atoms with Gasteiger partial charge in [0, 0.05) is 32.6 Å². The lowest BCUT2D eigenvalue weighted by Gasteiger charge is -2.18. The Morgan fingerprint density at radius 3 is 2.69 bits per heavy atom. The first-order valence-electron chi connectivity index (χ1n) is 9.47. The molecule has 8 nitrogen and oxygen atoms in total. The third kappa shape index (κ3) is 5.27. The van der Waals surface area contributed by atoms with Crippen LogP contribution in [0.15, 0.2) is 23.1 Å². The number of carboxylic acids is 1. The van der Waals surface area contributed by atoms with Crippen molar-refractivity contribution in [2.24, 2.45) is 0 Å². The lowest BCUT2D eigenvalue weighted by Crippen LogP contribution is -2.27. The summed E-state index contributed by atoms with van der Waals surface area (Å²) in [6.07, 6.45) is 3.66.